The number of hydrogen-bond acceptors (Lipinski definition) is 5. The van der Waals surface area contributed by atoms with Crippen LogP contribution in [-0.4, -0.2) is 40.0 Å². The Kier molecular flexibility index (Phi) is 5.63. The summed E-state index contributed by atoms with van der Waals surface area (Å²) in [4.78, 5) is 23.1. The summed E-state index contributed by atoms with van der Waals surface area (Å²) in [5.74, 6) is -0.122. The van der Waals surface area contributed by atoms with E-state index in [-0.39, 0.29) is 12.5 Å². The minimum atomic E-state index is -1.21. The molecule has 8 nitrogen and oxygen atoms in total. The van der Waals surface area contributed by atoms with Crippen molar-refractivity contribution in [2.45, 2.75) is 26.3 Å². The molecule has 2 N–H and O–H groups in total. The number of carboxylic acids is 1. The quantitative estimate of drug-likeness (QED) is 0.758. The van der Waals surface area contributed by atoms with Crippen LogP contribution in [0.3, 0.4) is 0 Å². The van der Waals surface area contributed by atoms with Crippen LogP contribution in [0.5, 0.6) is 11.5 Å². The van der Waals surface area contributed by atoms with Gasteiger partial charge in [-0.2, -0.15) is 5.10 Å². The van der Waals surface area contributed by atoms with Crippen LogP contribution in [0.4, 0.5) is 5.69 Å². The zero-order valence-electron chi connectivity index (χ0n) is 14.4. The third-order valence-corrected chi connectivity index (χ3v) is 3.47. The fourth-order valence-electron chi connectivity index (χ4n) is 1.94. The van der Waals surface area contributed by atoms with E-state index in [1.807, 2.05) is 6.92 Å². The number of nitrogens with zero attached hydrogens (tertiary/aromatic N) is 2. The van der Waals surface area contributed by atoms with Gasteiger partial charge in [-0.05, 0) is 45.0 Å². The topological polar surface area (TPSA) is 103 Å². The fourth-order valence-corrected chi connectivity index (χ4v) is 1.94. The van der Waals surface area contributed by atoms with Crippen LogP contribution >= 0.6 is 0 Å². The van der Waals surface area contributed by atoms with E-state index in [0.29, 0.717) is 18.0 Å². The van der Waals surface area contributed by atoms with Crippen LogP contribution in [0.2, 0.25) is 0 Å². The van der Waals surface area contributed by atoms with E-state index < -0.39 is 11.5 Å². The van der Waals surface area contributed by atoms with Crippen LogP contribution < -0.4 is 14.8 Å². The number of amides is 1. The van der Waals surface area contributed by atoms with Gasteiger partial charge in [0, 0.05) is 6.20 Å². The first-order valence-electron chi connectivity index (χ1n) is 7.77. The van der Waals surface area contributed by atoms with Crippen LogP contribution in [0.15, 0.2) is 36.7 Å². The standard InChI is InChI=1S/C17H21N3O5/c1-4-24-13-5-7-14(8-6-13)25-11-15(21)19-12-9-18-20(10-12)17(2,3)16(22)23/h5-10H,4,11H2,1-3H3,(H,19,21)(H,22,23). The first-order chi connectivity index (χ1) is 11.8. The van der Waals surface area contributed by atoms with Crippen molar-refractivity contribution in [1.82, 2.24) is 9.78 Å². The molecule has 1 aromatic carbocycles. The molecule has 0 aliphatic heterocycles. The average Bonchev–Trinajstić information content (AvgIpc) is 3.03. The Morgan fingerprint density at radius 3 is 2.36 bits per heavy atom. The number of ether oxygens (including phenoxy) is 2. The zero-order chi connectivity index (χ0) is 18.4. The largest absolute Gasteiger partial charge is 0.494 e. The second-order valence-electron chi connectivity index (χ2n) is 5.78. The van der Waals surface area contributed by atoms with Gasteiger partial charge < -0.3 is 19.9 Å². The van der Waals surface area contributed by atoms with E-state index in [1.54, 1.807) is 24.3 Å². The van der Waals surface area contributed by atoms with E-state index >= 15 is 0 Å². The number of aromatic nitrogens is 2. The van der Waals surface area contributed by atoms with E-state index in [2.05, 4.69) is 10.4 Å². The fraction of sp³-hybridized carbons (Fsp3) is 0.353. The number of carbonyl (C=O) groups is 2. The van der Waals surface area contributed by atoms with E-state index in [0.717, 1.165) is 5.75 Å². The molecule has 0 spiro atoms. The first-order valence-corrected chi connectivity index (χ1v) is 7.77. The van der Waals surface area contributed by atoms with Crippen molar-refractivity contribution in [1.29, 1.82) is 0 Å². The number of rotatable bonds is 8. The Hall–Kier alpha value is -3.03. The highest BCUT2D eigenvalue weighted by molar-refractivity contribution is 5.91. The molecular weight excluding hydrogens is 326 g/mol. The summed E-state index contributed by atoms with van der Waals surface area (Å²) < 4.78 is 12.0. The molecule has 1 heterocycles. The predicted molar refractivity (Wildman–Crippen MR) is 90.9 cm³/mol. The van der Waals surface area contributed by atoms with Gasteiger partial charge in [-0.25, -0.2) is 4.79 Å². The van der Waals surface area contributed by atoms with Gasteiger partial charge in [0.2, 0.25) is 0 Å². The normalized spacial score (nSPS) is 11.0. The van der Waals surface area contributed by atoms with Crippen molar-refractivity contribution in [3.8, 4) is 11.5 Å². The molecule has 134 valence electrons. The van der Waals surface area contributed by atoms with Crippen molar-refractivity contribution in [2.75, 3.05) is 18.5 Å². The van der Waals surface area contributed by atoms with Crippen LogP contribution in [0, 0.1) is 0 Å². The number of aliphatic carboxylic acids is 1. The van der Waals surface area contributed by atoms with Gasteiger partial charge >= 0.3 is 5.97 Å². The molecule has 0 atom stereocenters. The maximum absolute atomic E-state index is 11.9. The SMILES string of the molecule is CCOc1ccc(OCC(=O)Nc2cnn(C(C)(C)C(=O)O)c2)cc1. The highest BCUT2D eigenvalue weighted by Gasteiger charge is 2.30. The number of carboxylic acid groups (broad SMARTS) is 1. The molecule has 25 heavy (non-hydrogen) atoms. The summed E-state index contributed by atoms with van der Waals surface area (Å²) in [5, 5.41) is 15.8. The van der Waals surface area contributed by atoms with Gasteiger partial charge in [0.1, 0.15) is 11.5 Å². The Labute approximate surface area is 145 Å². The van der Waals surface area contributed by atoms with Gasteiger partial charge in [-0.3, -0.25) is 9.48 Å². The summed E-state index contributed by atoms with van der Waals surface area (Å²) in [5.41, 5.74) is -0.809. The molecule has 1 amide bonds. The highest BCUT2D eigenvalue weighted by Crippen LogP contribution is 2.18. The Bertz CT molecular complexity index is 737. The third-order valence-electron chi connectivity index (χ3n) is 3.47. The minimum absolute atomic E-state index is 0.179. The lowest BCUT2D eigenvalue weighted by atomic mass is 10.1. The van der Waals surface area contributed by atoms with E-state index in [1.165, 1.54) is 30.9 Å². The molecule has 0 bridgehead atoms. The van der Waals surface area contributed by atoms with Crippen molar-refractivity contribution in [3.63, 3.8) is 0 Å². The van der Waals surface area contributed by atoms with Crippen LogP contribution in [0.25, 0.3) is 0 Å². The molecule has 2 aromatic rings. The molecule has 0 radical (unpaired) electrons. The maximum atomic E-state index is 11.9. The van der Waals surface area contributed by atoms with Gasteiger partial charge in [0.05, 0.1) is 18.5 Å². The van der Waals surface area contributed by atoms with Crippen molar-refractivity contribution >= 4 is 17.6 Å². The Morgan fingerprint density at radius 2 is 1.80 bits per heavy atom. The smallest absolute Gasteiger partial charge is 0.331 e. The predicted octanol–water partition coefficient (Wildman–Crippen LogP) is 2.12. The molecule has 0 fully saturated rings. The lowest BCUT2D eigenvalue weighted by molar-refractivity contribution is -0.146. The molecule has 2 rings (SSSR count). The maximum Gasteiger partial charge on any atom is 0.331 e. The molecule has 0 unspecified atom stereocenters. The molecule has 0 saturated carbocycles. The molecule has 0 saturated heterocycles. The van der Waals surface area contributed by atoms with Crippen molar-refractivity contribution < 1.29 is 24.2 Å². The second-order valence-corrected chi connectivity index (χ2v) is 5.78. The average molecular weight is 347 g/mol. The van der Waals surface area contributed by atoms with Crippen molar-refractivity contribution in [3.05, 3.63) is 36.7 Å². The van der Waals surface area contributed by atoms with Gasteiger partial charge in [-0.15, -0.1) is 0 Å². The Balaban J connectivity index is 1.88. The van der Waals surface area contributed by atoms with Gasteiger partial charge in [0.15, 0.2) is 12.1 Å². The number of anilines is 1. The zero-order valence-corrected chi connectivity index (χ0v) is 14.4. The van der Waals surface area contributed by atoms with E-state index in [9.17, 15) is 14.7 Å². The van der Waals surface area contributed by atoms with Gasteiger partial charge in [-0.1, -0.05) is 0 Å². The highest BCUT2D eigenvalue weighted by atomic mass is 16.5. The molecule has 0 aliphatic rings. The second kappa shape index (κ2) is 7.69. The monoisotopic (exact) mass is 347 g/mol. The number of hydrogen-bond donors (Lipinski definition) is 2. The summed E-state index contributed by atoms with van der Waals surface area (Å²) in [6, 6.07) is 6.95. The lowest BCUT2D eigenvalue weighted by Crippen LogP contribution is -2.35. The summed E-state index contributed by atoms with van der Waals surface area (Å²) in [6.45, 7) is 5.33. The summed E-state index contributed by atoms with van der Waals surface area (Å²) in [7, 11) is 0. The van der Waals surface area contributed by atoms with E-state index in [4.69, 9.17) is 9.47 Å². The van der Waals surface area contributed by atoms with Crippen LogP contribution in [-0.2, 0) is 15.1 Å². The number of nitrogens with one attached hydrogen (secondary N) is 1. The lowest BCUT2D eigenvalue weighted by Gasteiger charge is -2.19. The molecule has 1 aromatic heterocycles. The minimum Gasteiger partial charge on any atom is -0.494 e. The van der Waals surface area contributed by atoms with Crippen LogP contribution in [0.1, 0.15) is 20.8 Å². The molecule has 8 heteroatoms. The summed E-state index contributed by atoms with van der Waals surface area (Å²) >= 11 is 0. The molecule has 0 aliphatic carbocycles. The van der Waals surface area contributed by atoms with Crippen molar-refractivity contribution in [2.24, 2.45) is 0 Å². The Morgan fingerprint density at radius 1 is 1.20 bits per heavy atom. The number of benzene rings is 1. The summed E-state index contributed by atoms with van der Waals surface area (Å²) in [6.07, 6.45) is 2.85. The number of carbonyl (C=O) groups excluding carboxylic acids is 1. The first kappa shape index (κ1) is 18.3. The van der Waals surface area contributed by atoms with Gasteiger partial charge in [0.25, 0.3) is 5.91 Å². The molecular formula is C17H21N3O5. The third kappa shape index (κ3) is 4.72.